The topological polar surface area (TPSA) is 179 Å². The van der Waals surface area contributed by atoms with Gasteiger partial charge in [0.15, 0.2) is 5.75 Å². The highest BCUT2D eigenvalue weighted by Crippen LogP contribution is 2.68. The van der Waals surface area contributed by atoms with Crippen LogP contribution in [0.4, 0.5) is 0 Å². The van der Waals surface area contributed by atoms with Crippen molar-refractivity contribution in [3.8, 4) is 17.5 Å². The van der Waals surface area contributed by atoms with Gasteiger partial charge < -0.3 is 35.7 Å². The van der Waals surface area contributed by atoms with E-state index < -0.39 is 35.5 Å². The maximum Gasteiger partial charge on any atom is 0.334 e. The molecule has 4 fully saturated rings. The van der Waals surface area contributed by atoms with E-state index in [4.69, 9.17) is 9.84 Å². The molecule has 4 saturated carbocycles. The summed E-state index contributed by atoms with van der Waals surface area (Å²) in [5, 5.41) is 50.9. The molecule has 246 valence electrons. The minimum absolute atomic E-state index is 0.0297. The zero-order valence-corrected chi connectivity index (χ0v) is 26.2. The van der Waals surface area contributed by atoms with Crippen LogP contribution < -0.4 is 10.1 Å². The number of hydrogen-bond donors (Lipinski definition) is 6. The van der Waals surface area contributed by atoms with Crippen molar-refractivity contribution in [2.45, 2.75) is 116 Å². The molecule has 0 radical (unpaired) electrons. The molecule has 44 heavy (non-hydrogen) atoms. The number of aromatic hydroxyl groups is 2. The number of carbonyl (C=O) groups excluding carboxylic acids is 2. The highest BCUT2D eigenvalue weighted by Gasteiger charge is 2.60. The fraction of sp³-hybridized carbons (Fsp3) is 0.788. The first kappa shape index (κ1) is 32.4. The number of carboxylic acid groups (broad SMARTS) is 1. The summed E-state index contributed by atoms with van der Waals surface area (Å²) < 4.78 is 5.09. The van der Waals surface area contributed by atoms with Crippen LogP contribution in [0.5, 0.6) is 17.5 Å². The fourth-order valence-corrected chi connectivity index (χ4v) is 10.3. The van der Waals surface area contributed by atoms with E-state index >= 15 is 0 Å². The van der Waals surface area contributed by atoms with Crippen LogP contribution in [-0.4, -0.2) is 60.4 Å². The Kier molecular flexibility index (Phi) is 9.18. The second kappa shape index (κ2) is 12.4. The average molecular weight is 619 g/mol. The van der Waals surface area contributed by atoms with Gasteiger partial charge in [-0.1, -0.05) is 20.8 Å². The van der Waals surface area contributed by atoms with Crippen LogP contribution in [0.3, 0.4) is 0 Å². The number of rotatable bonds is 10. The van der Waals surface area contributed by atoms with Gasteiger partial charge in [0.25, 0.3) is 5.88 Å². The Morgan fingerprint density at radius 1 is 1.00 bits per heavy atom. The van der Waals surface area contributed by atoms with E-state index in [0.717, 1.165) is 43.6 Å². The van der Waals surface area contributed by atoms with Gasteiger partial charge in [-0.05, 0) is 117 Å². The van der Waals surface area contributed by atoms with Crippen LogP contribution in [0.1, 0.15) is 104 Å². The molecular formula is C33H50N2O9. The van der Waals surface area contributed by atoms with Crippen LogP contribution in [0.25, 0.3) is 0 Å². The summed E-state index contributed by atoms with van der Waals surface area (Å²) in [5.41, 5.74) is 0.573. The summed E-state index contributed by atoms with van der Waals surface area (Å²) in [5.74, 6) is -1.10. The predicted molar refractivity (Wildman–Crippen MR) is 159 cm³/mol. The first-order valence-corrected chi connectivity index (χ1v) is 16.5. The van der Waals surface area contributed by atoms with Crippen LogP contribution in [0.2, 0.25) is 0 Å². The van der Waals surface area contributed by atoms with Crippen molar-refractivity contribution < 1.29 is 44.8 Å². The molecule has 10 atom stereocenters. The van der Waals surface area contributed by atoms with Gasteiger partial charge in [0, 0.05) is 12.8 Å². The molecule has 11 heteroatoms. The minimum Gasteiger partial charge on any atom is -0.492 e. The first-order valence-electron chi connectivity index (χ1n) is 16.5. The molecule has 1 heterocycles. The lowest BCUT2D eigenvalue weighted by atomic mass is 9.44. The van der Waals surface area contributed by atoms with Crippen molar-refractivity contribution in [1.82, 2.24) is 10.0 Å². The zero-order chi connectivity index (χ0) is 32.0. The van der Waals surface area contributed by atoms with Crippen molar-refractivity contribution in [3.63, 3.8) is 0 Å². The Morgan fingerprint density at radius 3 is 2.39 bits per heavy atom. The van der Waals surface area contributed by atoms with E-state index in [9.17, 15) is 34.9 Å². The third-order valence-corrected chi connectivity index (χ3v) is 12.6. The molecule has 1 aromatic heterocycles. The second-order valence-electron chi connectivity index (χ2n) is 14.8. The largest absolute Gasteiger partial charge is 0.492 e. The highest BCUT2D eigenvalue weighted by atomic mass is 16.6. The summed E-state index contributed by atoms with van der Waals surface area (Å²) >= 11 is 0. The molecule has 0 aromatic carbocycles. The molecular weight excluding hydrogens is 568 g/mol. The fourth-order valence-electron chi connectivity index (χ4n) is 10.3. The van der Waals surface area contributed by atoms with E-state index in [1.807, 2.05) is 0 Å². The maximum atomic E-state index is 13.0. The monoisotopic (exact) mass is 618 g/mol. The van der Waals surface area contributed by atoms with Gasteiger partial charge in [-0.2, -0.15) is 0 Å². The normalized spacial score (nSPS) is 35.9. The van der Waals surface area contributed by atoms with Crippen LogP contribution in [0.15, 0.2) is 6.07 Å². The van der Waals surface area contributed by atoms with Crippen molar-refractivity contribution in [3.05, 3.63) is 6.07 Å². The van der Waals surface area contributed by atoms with Gasteiger partial charge in [0.2, 0.25) is 11.8 Å². The molecule has 4 unspecified atom stereocenters. The highest BCUT2D eigenvalue weighted by molar-refractivity contribution is 5.86. The average Bonchev–Trinajstić information content (AvgIpc) is 3.45. The number of fused-ring (bicyclic) bond motifs is 5. The third-order valence-electron chi connectivity index (χ3n) is 12.6. The van der Waals surface area contributed by atoms with Gasteiger partial charge in [0.1, 0.15) is 6.04 Å². The van der Waals surface area contributed by atoms with Crippen molar-refractivity contribution in [2.75, 3.05) is 0 Å². The minimum atomic E-state index is -1.28. The molecule has 6 N–H and O–H groups in total. The number of carbonyl (C=O) groups is 3. The van der Waals surface area contributed by atoms with Crippen LogP contribution in [0, 0.1) is 46.3 Å². The van der Waals surface area contributed by atoms with Gasteiger partial charge in [-0.15, -0.1) is 4.73 Å². The number of amides is 1. The van der Waals surface area contributed by atoms with Crippen LogP contribution >= 0.6 is 0 Å². The summed E-state index contributed by atoms with van der Waals surface area (Å²) in [4.78, 5) is 37.0. The zero-order valence-electron chi connectivity index (χ0n) is 26.2. The number of ether oxygens (including phenoxy) is 1. The van der Waals surface area contributed by atoms with Crippen molar-refractivity contribution in [2.24, 2.45) is 46.3 Å². The molecule has 1 amide bonds. The summed E-state index contributed by atoms with van der Waals surface area (Å²) in [6, 6.07) is -0.446. The third kappa shape index (κ3) is 6.00. The van der Waals surface area contributed by atoms with Gasteiger partial charge >= 0.3 is 11.9 Å². The molecule has 5 rings (SSSR count). The molecule has 11 nitrogen and oxygen atoms in total. The molecule has 4 aliphatic carbocycles. The number of aliphatic hydroxyl groups excluding tert-OH is 1. The second-order valence-corrected chi connectivity index (χ2v) is 14.8. The van der Waals surface area contributed by atoms with Gasteiger partial charge in [0.05, 0.1) is 12.2 Å². The number of nitrogens with one attached hydrogen (secondary N) is 1. The molecule has 0 saturated heterocycles. The van der Waals surface area contributed by atoms with Crippen LogP contribution in [-0.2, 0) is 14.4 Å². The summed E-state index contributed by atoms with van der Waals surface area (Å²) in [7, 11) is 0. The summed E-state index contributed by atoms with van der Waals surface area (Å²) in [6.07, 6.45) is 10.4. The van der Waals surface area contributed by atoms with Gasteiger partial charge in [-0.3, -0.25) is 9.59 Å². The quantitative estimate of drug-likeness (QED) is 0.158. The van der Waals surface area contributed by atoms with E-state index in [1.54, 1.807) is 0 Å². The maximum absolute atomic E-state index is 13.0. The molecule has 0 bridgehead atoms. The first-order chi connectivity index (χ1) is 20.7. The molecule has 0 spiro atoms. The molecule has 4 aliphatic rings. The number of esters is 1. The van der Waals surface area contributed by atoms with E-state index in [0.29, 0.717) is 35.5 Å². The smallest absolute Gasteiger partial charge is 0.334 e. The number of carboxylic acids is 1. The number of aliphatic hydroxyl groups is 1. The molecule has 1 aromatic rings. The lowest BCUT2D eigenvalue weighted by molar-refractivity contribution is -0.141. The Hall–Kier alpha value is -2.95. The van der Waals surface area contributed by atoms with Crippen molar-refractivity contribution in [1.29, 1.82) is 0 Å². The number of aliphatic carboxylic acids is 1. The predicted octanol–water partition coefficient (Wildman–Crippen LogP) is 4.83. The number of nitrogens with zero attached hydrogens (tertiary/aromatic N) is 1. The SMILES string of the molecule is C[C@H](CCC(=O)N[C@@H](CCC(=O)O)C(=O)Oc1cc(O)n(O)c1O)[C@H]1CCC2C3CCC4C[C@H](O)CC[C@]4(C)C3CC[C@@]21C. The molecule has 0 aliphatic heterocycles. The standard InChI is InChI=1S/C33H50N2O9/c1-18(4-10-27(37)34-25(9-11-29(39)40)31(42)44-26-17-28(38)35(43)30(26)41)22-7-8-23-21-6-5-19-16-20(36)12-14-32(19,2)24(21)13-15-33(22,23)3/h17-25,36,38,41,43H,4-16H2,1-3H3,(H,34,37)(H,39,40)/t18-,19?,20-,21?,22-,23?,24?,25+,32+,33-/m1/s1. The Bertz CT molecular complexity index is 1250. The van der Waals surface area contributed by atoms with E-state index in [2.05, 4.69) is 26.1 Å². The van der Waals surface area contributed by atoms with Gasteiger partial charge in [-0.25, -0.2) is 4.79 Å². The summed E-state index contributed by atoms with van der Waals surface area (Å²) in [6.45, 7) is 7.21. The van der Waals surface area contributed by atoms with Crippen molar-refractivity contribution >= 4 is 17.8 Å². The number of aromatic nitrogens is 1. The number of hydrogen-bond acceptors (Lipinski definition) is 8. The Morgan fingerprint density at radius 2 is 1.70 bits per heavy atom. The lowest BCUT2D eigenvalue weighted by Crippen LogP contribution is -2.54. The Balaban J connectivity index is 1.18. The lowest BCUT2D eigenvalue weighted by Gasteiger charge is -2.61. The van der Waals surface area contributed by atoms with E-state index in [-0.39, 0.29) is 41.4 Å². The Labute approximate surface area is 258 Å². The van der Waals surface area contributed by atoms with E-state index in [1.165, 1.54) is 32.1 Å².